The van der Waals surface area contributed by atoms with Crippen LogP contribution < -0.4 is 4.74 Å². The van der Waals surface area contributed by atoms with Gasteiger partial charge in [0.05, 0.1) is 5.69 Å². The van der Waals surface area contributed by atoms with E-state index in [4.69, 9.17) is 9.47 Å². The first kappa shape index (κ1) is 18.1. The van der Waals surface area contributed by atoms with Crippen molar-refractivity contribution in [3.63, 3.8) is 0 Å². The van der Waals surface area contributed by atoms with Crippen molar-refractivity contribution in [3.8, 4) is 6.01 Å². The SMILES string of the molecule is COC(c1ccccc1)n1c(C)nc2c(C)nc(OCc3ccncc3)nc21. The molecule has 4 rings (SSSR count). The van der Waals surface area contributed by atoms with Gasteiger partial charge in [0, 0.05) is 25.1 Å². The van der Waals surface area contributed by atoms with Crippen molar-refractivity contribution >= 4 is 11.2 Å². The second-order valence-electron chi connectivity index (χ2n) is 6.44. The molecule has 0 radical (unpaired) electrons. The van der Waals surface area contributed by atoms with E-state index in [9.17, 15) is 0 Å². The van der Waals surface area contributed by atoms with Gasteiger partial charge in [-0.25, -0.2) is 4.98 Å². The van der Waals surface area contributed by atoms with Crippen LogP contribution in [-0.2, 0) is 11.3 Å². The number of methoxy groups -OCH3 is 1. The number of aryl methyl sites for hydroxylation is 2. The molecule has 0 fully saturated rings. The first-order chi connectivity index (χ1) is 13.7. The van der Waals surface area contributed by atoms with Crippen LogP contribution >= 0.6 is 0 Å². The predicted octanol–water partition coefficient (Wildman–Crippen LogP) is 3.61. The molecule has 1 atom stereocenters. The molecule has 7 nitrogen and oxygen atoms in total. The van der Waals surface area contributed by atoms with Gasteiger partial charge in [0.25, 0.3) is 0 Å². The highest BCUT2D eigenvalue weighted by Gasteiger charge is 2.22. The molecule has 0 N–H and O–H groups in total. The van der Waals surface area contributed by atoms with Gasteiger partial charge in [-0.05, 0) is 31.5 Å². The van der Waals surface area contributed by atoms with E-state index in [0.717, 1.165) is 28.2 Å². The Kier molecular flexibility index (Phi) is 4.99. The lowest BCUT2D eigenvalue weighted by atomic mass is 10.2. The van der Waals surface area contributed by atoms with Crippen molar-refractivity contribution in [1.82, 2.24) is 24.5 Å². The van der Waals surface area contributed by atoms with Gasteiger partial charge in [-0.1, -0.05) is 30.3 Å². The molecule has 0 aliphatic heterocycles. The van der Waals surface area contributed by atoms with Gasteiger partial charge < -0.3 is 9.47 Å². The van der Waals surface area contributed by atoms with E-state index in [0.29, 0.717) is 18.3 Å². The molecule has 0 amide bonds. The van der Waals surface area contributed by atoms with Gasteiger partial charge in [-0.15, -0.1) is 0 Å². The standard InChI is InChI=1S/C21H21N5O2/c1-14-18-19(25-21(23-14)28-13-16-9-11-22-12-10-16)26(15(2)24-18)20(27-3)17-7-5-4-6-8-17/h4-12,20H,13H2,1-3H3. The topological polar surface area (TPSA) is 75.0 Å². The third-order valence-corrected chi connectivity index (χ3v) is 4.53. The van der Waals surface area contributed by atoms with Crippen molar-refractivity contribution in [3.05, 3.63) is 77.5 Å². The third kappa shape index (κ3) is 3.44. The molecular weight excluding hydrogens is 354 g/mol. The second-order valence-corrected chi connectivity index (χ2v) is 6.44. The lowest BCUT2D eigenvalue weighted by Crippen LogP contribution is -2.15. The number of pyridine rings is 1. The molecular formula is C21H21N5O2. The number of benzene rings is 1. The maximum absolute atomic E-state index is 5.83. The average molecular weight is 375 g/mol. The van der Waals surface area contributed by atoms with Crippen molar-refractivity contribution in [2.45, 2.75) is 26.7 Å². The minimum Gasteiger partial charge on any atom is -0.459 e. The van der Waals surface area contributed by atoms with Crippen LogP contribution in [0.15, 0.2) is 54.9 Å². The van der Waals surface area contributed by atoms with E-state index in [-0.39, 0.29) is 6.23 Å². The van der Waals surface area contributed by atoms with Gasteiger partial charge >= 0.3 is 6.01 Å². The van der Waals surface area contributed by atoms with Crippen LogP contribution in [0.3, 0.4) is 0 Å². The largest absolute Gasteiger partial charge is 0.459 e. The smallest absolute Gasteiger partial charge is 0.319 e. The molecule has 7 heteroatoms. The average Bonchev–Trinajstić information content (AvgIpc) is 3.06. The highest BCUT2D eigenvalue weighted by molar-refractivity contribution is 5.74. The summed E-state index contributed by atoms with van der Waals surface area (Å²) in [5, 5.41) is 0. The van der Waals surface area contributed by atoms with Gasteiger partial charge in [0.15, 0.2) is 11.9 Å². The molecule has 0 saturated carbocycles. The van der Waals surface area contributed by atoms with Gasteiger partial charge in [-0.2, -0.15) is 9.97 Å². The van der Waals surface area contributed by atoms with Crippen molar-refractivity contribution in [2.24, 2.45) is 0 Å². The zero-order valence-corrected chi connectivity index (χ0v) is 16.0. The summed E-state index contributed by atoms with van der Waals surface area (Å²) in [6.07, 6.45) is 3.12. The van der Waals surface area contributed by atoms with Crippen molar-refractivity contribution < 1.29 is 9.47 Å². The zero-order chi connectivity index (χ0) is 19.5. The Balaban J connectivity index is 1.74. The van der Waals surface area contributed by atoms with E-state index in [1.54, 1.807) is 19.5 Å². The summed E-state index contributed by atoms with van der Waals surface area (Å²) >= 11 is 0. The van der Waals surface area contributed by atoms with Crippen LogP contribution in [0.25, 0.3) is 11.2 Å². The van der Waals surface area contributed by atoms with E-state index >= 15 is 0 Å². The minimum atomic E-state index is -0.339. The fraction of sp³-hybridized carbons (Fsp3) is 0.238. The van der Waals surface area contributed by atoms with E-state index in [1.807, 2.05) is 60.9 Å². The fourth-order valence-corrected chi connectivity index (χ4v) is 3.17. The number of imidazole rings is 1. The number of hydrogen-bond acceptors (Lipinski definition) is 6. The highest BCUT2D eigenvalue weighted by atomic mass is 16.5. The van der Waals surface area contributed by atoms with E-state index < -0.39 is 0 Å². The predicted molar refractivity (Wildman–Crippen MR) is 105 cm³/mol. The molecule has 0 saturated heterocycles. The minimum absolute atomic E-state index is 0.311. The Morgan fingerprint density at radius 3 is 2.43 bits per heavy atom. The number of aromatic nitrogens is 5. The highest BCUT2D eigenvalue weighted by Crippen LogP contribution is 2.27. The Bertz CT molecular complexity index is 1080. The van der Waals surface area contributed by atoms with Gasteiger partial charge in [0.2, 0.25) is 0 Å². The summed E-state index contributed by atoms with van der Waals surface area (Å²) in [6, 6.07) is 14.1. The normalized spacial score (nSPS) is 12.2. The zero-order valence-electron chi connectivity index (χ0n) is 16.0. The lowest BCUT2D eigenvalue weighted by molar-refractivity contribution is 0.0796. The second kappa shape index (κ2) is 7.74. The molecule has 3 aromatic heterocycles. The Hall–Kier alpha value is -3.32. The maximum atomic E-state index is 5.83. The molecule has 28 heavy (non-hydrogen) atoms. The van der Waals surface area contributed by atoms with Crippen LogP contribution in [0.2, 0.25) is 0 Å². The summed E-state index contributed by atoms with van der Waals surface area (Å²) in [4.78, 5) is 17.8. The number of rotatable bonds is 6. The number of ether oxygens (including phenoxy) is 2. The molecule has 142 valence electrons. The lowest BCUT2D eigenvalue weighted by Gasteiger charge is -2.19. The third-order valence-electron chi connectivity index (χ3n) is 4.53. The number of nitrogens with zero attached hydrogens (tertiary/aromatic N) is 5. The Morgan fingerprint density at radius 1 is 0.964 bits per heavy atom. The fourth-order valence-electron chi connectivity index (χ4n) is 3.17. The van der Waals surface area contributed by atoms with Crippen LogP contribution in [0, 0.1) is 13.8 Å². The molecule has 0 spiro atoms. The molecule has 3 heterocycles. The van der Waals surface area contributed by atoms with Crippen LogP contribution in [0.5, 0.6) is 6.01 Å². The Labute approximate surface area is 163 Å². The Morgan fingerprint density at radius 2 is 1.71 bits per heavy atom. The molecule has 0 aliphatic rings. The monoisotopic (exact) mass is 375 g/mol. The molecule has 1 aromatic carbocycles. The van der Waals surface area contributed by atoms with Crippen LogP contribution in [0.4, 0.5) is 0 Å². The van der Waals surface area contributed by atoms with E-state index in [1.165, 1.54) is 0 Å². The summed E-state index contributed by atoms with van der Waals surface area (Å²) in [5.41, 5.74) is 4.21. The first-order valence-corrected chi connectivity index (χ1v) is 9.00. The number of hydrogen-bond donors (Lipinski definition) is 0. The summed E-state index contributed by atoms with van der Waals surface area (Å²) in [5.74, 6) is 0.800. The summed E-state index contributed by atoms with van der Waals surface area (Å²) in [7, 11) is 1.68. The van der Waals surface area contributed by atoms with Crippen molar-refractivity contribution in [2.75, 3.05) is 7.11 Å². The van der Waals surface area contributed by atoms with Gasteiger partial charge in [-0.3, -0.25) is 9.55 Å². The van der Waals surface area contributed by atoms with Crippen molar-refractivity contribution in [1.29, 1.82) is 0 Å². The maximum Gasteiger partial charge on any atom is 0.319 e. The number of fused-ring (bicyclic) bond motifs is 1. The quantitative estimate of drug-likeness (QED) is 0.512. The first-order valence-electron chi connectivity index (χ1n) is 9.00. The summed E-state index contributed by atoms with van der Waals surface area (Å²) < 4.78 is 13.6. The van der Waals surface area contributed by atoms with Crippen LogP contribution in [-0.4, -0.2) is 31.6 Å². The molecule has 0 bridgehead atoms. The van der Waals surface area contributed by atoms with Gasteiger partial charge in [0.1, 0.15) is 17.9 Å². The molecule has 1 unspecified atom stereocenters. The summed E-state index contributed by atoms with van der Waals surface area (Å²) in [6.45, 7) is 4.21. The van der Waals surface area contributed by atoms with Crippen LogP contribution in [0.1, 0.15) is 28.9 Å². The molecule has 0 aliphatic carbocycles. The molecule has 4 aromatic rings. The van der Waals surface area contributed by atoms with E-state index in [2.05, 4.69) is 19.9 Å².